The van der Waals surface area contributed by atoms with Crippen LogP contribution in [0.15, 0.2) is 60.7 Å². The summed E-state index contributed by atoms with van der Waals surface area (Å²) in [5.74, 6) is -0.250. The number of hydrogen-bond acceptors (Lipinski definition) is 4. The molecule has 0 aromatic heterocycles. The molecule has 0 spiro atoms. The Balaban J connectivity index is 1.53. The first-order valence-electron chi connectivity index (χ1n) is 9.62. The number of nitrogens with zero attached hydrogens (tertiary/aromatic N) is 2. The lowest BCUT2D eigenvalue weighted by molar-refractivity contribution is -0.123. The van der Waals surface area contributed by atoms with Gasteiger partial charge in [-0.3, -0.25) is 14.6 Å². The summed E-state index contributed by atoms with van der Waals surface area (Å²) in [6.45, 7) is 7.03. The Bertz CT molecular complexity index is 661. The minimum atomic E-state index is -0.250. The number of ether oxygens (including phenoxy) is 1. The van der Waals surface area contributed by atoms with Crippen LogP contribution in [-0.4, -0.2) is 61.1 Å². The van der Waals surface area contributed by atoms with Gasteiger partial charge in [-0.25, -0.2) is 0 Å². The zero-order chi connectivity index (χ0) is 19.1. The zero-order valence-corrected chi connectivity index (χ0v) is 16.0. The third-order valence-corrected chi connectivity index (χ3v) is 5.26. The third-order valence-electron chi connectivity index (χ3n) is 5.26. The van der Waals surface area contributed by atoms with E-state index in [1.54, 1.807) is 0 Å². The van der Waals surface area contributed by atoms with Crippen LogP contribution in [0.2, 0.25) is 0 Å². The number of benzene rings is 2. The molecular formula is C22H29N3O2. The maximum atomic E-state index is 11.3. The first-order chi connectivity index (χ1) is 13.1. The van der Waals surface area contributed by atoms with Crippen molar-refractivity contribution in [1.82, 2.24) is 9.80 Å². The molecule has 0 bridgehead atoms. The SMILES string of the molecule is CC(C(N)=O)N1CCN(CCOC(c2ccccc2)c2ccccc2)CC1. The van der Waals surface area contributed by atoms with Gasteiger partial charge >= 0.3 is 0 Å². The lowest BCUT2D eigenvalue weighted by Gasteiger charge is -2.37. The molecule has 0 saturated carbocycles. The molecule has 3 rings (SSSR count). The van der Waals surface area contributed by atoms with Crippen molar-refractivity contribution in [2.75, 3.05) is 39.3 Å². The summed E-state index contributed by atoms with van der Waals surface area (Å²) in [5, 5.41) is 0. The monoisotopic (exact) mass is 367 g/mol. The number of carbonyl (C=O) groups is 1. The topological polar surface area (TPSA) is 58.8 Å². The van der Waals surface area contributed by atoms with Crippen LogP contribution in [0.1, 0.15) is 24.2 Å². The van der Waals surface area contributed by atoms with Gasteiger partial charge in [0.1, 0.15) is 6.10 Å². The highest BCUT2D eigenvalue weighted by Crippen LogP contribution is 2.25. The Hall–Kier alpha value is -2.21. The summed E-state index contributed by atoms with van der Waals surface area (Å²) in [5.41, 5.74) is 7.75. The number of carbonyl (C=O) groups excluding carboxylic acids is 1. The number of primary amides is 1. The quantitative estimate of drug-likeness (QED) is 0.778. The average molecular weight is 367 g/mol. The van der Waals surface area contributed by atoms with E-state index in [2.05, 4.69) is 34.1 Å². The first kappa shape index (κ1) is 19.5. The Morgan fingerprint density at radius 2 is 1.48 bits per heavy atom. The normalized spacial score (nSPS) is 17.1. The molecule has 2 aromatic rings. The van der Waals surface area contributed by atoms with E-state index < -0.39 is 0 Å². The van der Waals surface area contributed by atoms with E-state index in [0.29, 0.717) is 6.61 Å². The third kappa shape index (κ3) is 5.39. The summed E-state index contributed by atoms with van der Waals surface area (Å²) >= 11 is 0. The van der Waals surface area contributed by atoms with Crippen LogP contribution in [0.3, 0.4) is 0 Å². The highest BCUT2D eigenvalue weighted by molar-refractivity contribution is 5.79. The molecule has 2 aromatic carbocycles. The molecule has 1 atom stereocenters. The van der Waals surface area contributed by atoms with Crippen LogP contribution in [0.25, 0.3) is 0 Å². The maximum absolute atomic E-state index is 11.3. The molecule has 1 unspecified atom stereocenters. The first-order valence-corrected chi connectivity index (χ1v) is 9.62. The number of nitrogens with two attached hydrogens (primary N) is 1. The minimum absolute atomic E-state index is 0.0522. The highest BCUT2D eigenvalue weighted by atomic mass is 16.5. The largest absolute Gasteiger partial charge is 0.368 e. The Labute approximate surface area is 161 Å². The molecule has 1 amide bonds. The van der Waals surface area contributed by atoms with Crippen LogP contribution >= 0.6 is 0 Å². The Morgan fingerprint density at radius 3 is 1.96 bits per heavy atom. The molecule has 5 heteroatoms. The van der Waals surface area contributed by atoms with Gasteiger partial charge in [0.25, 0.3) is 0 Å². The number of rotatable bonds is 8. The molecule has 5 nitrogen and oxygen atoms in total. The summed E-state index contributed by atoms with van der Waals surface area (Å²) in [6, 6.07) is 20.5. The predicted octanol–water partition coefficient (Wildman–Crippen LogP) is 2.28. The van der Waals surface area contributed by atoms with E-state index >= 15 is 0 Å². The van der Waals surface area contributed by atoms with Crippen molar-refractivity contribution in [3.8, 4) is 0 Å². The van der Waals surface area contributed by atoms with Crippen LogP contribution < -0.4 is 5.73 Å². The van der Waals surface area contributed by atoms with E-state index in [1.165, 1.54) is 11.1 Å². The van der Waals surface area contributed by atoms with Gasteiger partial charge in [0.2, 0.25) is 5.91 Å². The van der Waals surface area contributed by atoms with Gasteiger partial charge in [-0.15, -0.1) is 0 Å². The van der Waals surface area contributed by atoms with Gasteiger partial charge in [-0.2, -0.15) is 0 Å². The van der Waals surface area contributed by atoms with E-state index in [4.69, 9.17) is 10.5 Å². The van der Waals surface area contributed by atoms with Gasteiger partial charge in [0, 0.05) is 32.7 Å². The van der Waals surface area contributed by atoms with Crippen LogP contribution in [0, 0.1) is 0 Å². The van der Waals surface area contributed by atoms with Crippen molar-refractivity contribution in [1.29, 1.82) is 0 Å². The van der Waals surface area contributed by atoms with Crippen molar-refractivity contribution in [2.24, 2.45) is 5.73 Å². The fraction of sp³-hybridized carbons (Fsp3) is 0.409. The number of amides is 1. The summed E-state index contributed by atoms with van der Waals surface area (Å²) in [4.78, 5) is 15.9. The highest BCUT2D eigenvalue weighted by Gasteiger charge is 2.24. The molecule has 1 fully saturated rings. The maximum Gasteiger partial charge on any atom is 0.234 e. The van der Waals surface area contributed by atoms with E-state index in [-0.39, 0.29) is 18.1 Å². The minimum Gasteiger partial charge on any atom is -0.368 e. The molecular weight excluding hydrogens is 338 g/mol. The van der Waals surface area contributed by atoms with Crippen LogP contribution in [-0.2, 0) is 9.53 Å². The van der Waals surface area contributed by atoms with Crippen molar-refractivity contribution >= 4 is 5.91 Å². The fourth-order valence-electron chi connectivity index (χ4n) is 3.49. The molecule has 1 aliphatic rings. The van der Waals surface area contributed by atoms with Gasteiger partial charge in [-0.1, -0.05) is 60.7 Å². The lowest BCUT2D eigenvalue weighted by Crippen LogP contribution is -2.53. The van der Waals surface area contributed by atoms with Crippen molar-refractivity contribution in [2.45, 2.75) is 19.1 Å². The molecule has 1 heterocycles. The van der Waals surface area contributed by atoms with E-state index in [9.17, 15) is 4.79 Å². The average Bonchev–Trinajstić information content (AvgIpc) is 2.72. The van der Waals surface area contributed by atoms with Crippen molar-refractivity contribution in [3.05, 3.63) is 71.8 Å². The molecule has 27 heavy (non-hydrogen) atoms. The second kappa shape index (κ2) is 9.65. The second-order valence-corrected chi connectivity index (χ2v) is 7.03. The van der Waals surface area contributed by atoms with Gasteiger partial charge in [0.05, 0.1) is 12.6 Å². The number of hydrogen-bond donors (Lipinski definition) is 1. The molecule has 0 aliphatic carbocycles. The Morgan fingerprint density at radius 1 is 0.963 bits per heavy atom. The molecule has 1 saturated heterocycles. The van der Waals surface area contributed by atoms with Gasteiger partial charge < -0.3 is 10.5 Å². The summed E-state index contributed by atoms with van der Waals surface area (Å²) < 4.78 is 6.30. The standard InChI is InChI=1S/C22H29N3O2/c1-18(22(23)26)25-14-12-24(13-15-25)16-17-27-21(19-8-4-2-5-9-19)20-10-6-3-7-11-20/h2-11,18,21H,12-17H2,1H3,(H2,23,26). The molecule has 144 valence electrons. The van der Waals surface area contributed by atoms with E-state index in [0.717, 1.165) is 32.7 Å². The van der Waals surface area contributed by atoms with Crippen LogP contribution in [0.5, 0.6) is 0 Å². The van der Waals surface area contributed by atoms with E-state index in [1.807, 2.05) is 43.3 Å². The summed E-state index contributed by atoms with van der Waals surface area (Å²) in [6.07, 6.45) is -0.0522. The molecule has 0 radical (unpaired) electrons. The smallest absolute Gasteiger partial charge is 0.234 e. The zero-order valence-electron chi connectivity index (χ0n) is 16.0. The molecule has 2 N–H and O–H groups in total. The fourth-order valence-corrected chi connectivity index (χ4v) is 3.49. The van der Waals surface area contributed by atoms with Gasteiger partial charge in [0.15, 0.2) is 0 Å². The predicted molar refractivity (Wildman–Crippen MR) is 107 cm³/mol. The molecule has 1 aliphatic heterocycles. The van der Waals surface area contributed by atoms with Crippen molar-refractivity contribution in [3.63, 3.8) is 0 Å². The van der Waals surface area contributed by atoms with Crippen molar-refractivity contribution < 1.29 is 9.53 Å². The van der Waals surface area contributed by atoms with Gasteiger partial charge in [-0.05, 0) is 18.1 Å². The Kier molecular flexibility index (Phi) is 6.98. The summed E-state index contributed by atoms with van der Waals surface area (Å²) in [7, 11) is 0. The van der Waals surface area contributed by atoms with Crippen LogP contribution in [0.4, 0.5) is 0 Å². The lowest BCUT2D eigenvalue weighted by atomic mass is 10.0. The number of piperazine rings is 1. The second-order valence-electron chi connectivity index (χ2n) is 7.03.